The Morgan fingerprint density at radius 3 is 2.44 bits per heavy atom. The molecular weight excluding hydrogens is 480 g/mol. The van der Waals surface area contributed by atoms with E-state index >= 15 is 0 Å². The third-order valence-corrected chi connectivity index (χ3v) is 8.33. The number of ketones is 1. The first-order valence-corrected chi connectivity index (χ1v) is 13.1. The number of rotatable bonds is 10. The number of ether oxygens (including phenoxy) is 3. The van der Waals surface area contributed by atoms with Crippen molar-refractivity contribution in [2.24, 2.45) is 0 Å². The van der Waals surface area contributed by atoms with E-state index in [1.54, 1.807) is 39.2 Å². The molecule has 1 atom stereocenters. The summed E-state index contributed by atoms with van der Waals surface area (Å²) in [5, 5.41) is 3.33. The van der Waals surface area contributed by atoms with Gasteiger partial charge in [-0.15, -0.1) is 11.8 Å². The van der Waals surface area contributed by atoms with Gasteiger partial charge in [0, 0.05) is 68.9 Å². The van der Waals surface area contributed by atoms with Gasteiger partial charge in [-0.05, 0) is 24.6 Å². The lowest BCUT2D eigenvalue weighted by Gasteiger charge is -2.34. The van der Waals surface area contributed by atoms with Crippen LogP contribution in [0, 0.1) is 0 Å². The zero-order chi connectivity index (χ0) is 25.7. The summed E-state index contributed by atoms with van der Waals surface area (Å²) in [6.07, 6.45) is 4.90. The lowest BCUT2D eigenvalue weighted by atomic mass is 10.1. The number of piperazine rings is 1. The molecule has 1 N–H and O–H groups in total. The number of carbonyl (C=O) groups excluding carboxylic acids is 2. The van der Waals surface area contributed by atoms with Crippen molar-refractivity contribution in [1.82, 2.24) is 20.0 Å². The van der Waals surface area contributed by atoms with Crippen LogP contribution in [0.5, 0.6) is 17.2 Å². The van der Waals surface area contributed by atoms with E-state index in [0.717, 1.165) is 55.3 Å². The summed E-state index contributed by atoms with van der Waals surface area (Å²) in [6, 6.07) is 3.92. The molecule has 1 aromatic carbocycles. The van der Waals surface area contributed by atoms with Crippen LogP contribution in [0.1, 0.15) is 18.4 Å². The molecule has 4 rings (SSSR count). The third kappa shape index (κ3) is 5.99. The number of methoxy groups -OCH3 is 3. The molecule has 0 aromatic heterocycles. The van der Waals surface area contributed by atoms with Crippen LogP contribution in [-0.2, 0) is 16.1 Å². The van der Waals surface area contributed by atoms with E-state index in [-0.39, 0.29) is 17.1 Å². The minimum absolute atomic E-state index is 0.0588. The van der Waals surface area contributed by atoms with Crippen molar-refractivity contribution in [2.75, 3.05) is 67.6 Å². The average molecular weight is 517 g/mol. The van der Waals surface area contributed by atoms with Crippen LogP contribution in [0.3, 0.4) is 0 Å². The Balaban J connectivity index is 1.18. The Morgan fingerprint density at radius 1 is 1.03 bits per heavy atom. The van der Waals surface area contributed by atoms with Gasteiger partial charge < -0.3 is 24.4 Å². The molecule has 36 heavy (non-hydrogen) atoms. The highest BCUT2D eigenvalue weighted by Crippen LogP contribution is 2.42. The van der Waals surface area contributed by atoms with Crippen LogP contribution >= 0.6 is 11.8 Å². The summed E-state index contributed by atoms with van der Waals surface area (Å²) in [5.74, 6) is 2.17. The predicted molar refractivity (Wildman–Crippen MR) is 140 cm³/mol. The minimum atomic E-state index is 0.0588. The number of carbonyl (C=O) groups is 2. The van der Waals surface area contributed by atoms with Crippen LogP contribution in [0.15, 0.2) is 34.9 Å². The minimum Gasteiger partial charge on any atom is -0.493 e. The van der Waals surface area contributed by atoms with Crippen molar-refractivity contribution < 1.29 is 23.8 Å². The summed E-state index contributed by atoms with van der Waals surface area (Å²) in [7, 11) is 6.92. The average Bonchev–Trinajstić information content (AvgIpc) is 3.18. The van der Waals surface area contributed by atoms with Crippen LogP contribution in [0.4, 0.5) is 0 Å². The Kier molecular flexibility index (Phi) is 8.81. The molecule has 2 aliphatic heterocycles. The topological polar surface area (TPSA) is 83.6 Å². The predicted octanol–water partition coefficient (Wildman–Crippen LogP) is 2.08. The van der Waals surface area contributed by atoms with Crippen LogP contribution in [0.2, 0.25) is 0 Å². The molecule has 1 unspecified atom stereocenters. The number of likely N-dealkylation sites (N-methyl/N-ethyl adjacent to an activating group) is 1. The van der Waals surface area contributed by atoms with Gasteiger partial charge >= 0.3 is 0 Å². The first kappa shape index (κ1) is 26.4. The third-order valence-electron chi connectivity index (χ3n) is 6.86. The number of allylic oxidation sites excluding steroid dienone is 3. The molecule has 0 bridgehead atoms. The number of amides is 1. The lowest BCUT2D eigenvalue weighted by molar-refractivity contribution is -0.122. The molecule has 0 saturated carbocycles. The molecule has 2 heterocycles. The molecule has 0 spiro atoms. The second-order valence-corrected chi connectivity index (χ2v) is 10.4. The lowest BCUT2D eigenvalue weighted by Crippen LogP contribution is -2.49. The van der Waals surface area contributed by atoms with E-state index in [1.165, 1.54) is 0 Å². The van der Waals surface area contributed by atoms with Crippen LogP contribution in [-0.4, -0.2) is 99.4 Å². The molecule has 1 amide bonds. The highest BCUT2D eigenvalue weighted by molar-refractivity contribution is 8.03. The van der Waals surface area contributed by atoms with E-state index in [2.05, 4.69) is 27.1 Å². The maximum atomic E-state index is 12.6. The highest BCUT2D eigenvalue weighted by Gasteiger charge is 2.31. The maximum Gasteiger partial charge on any atom is 0.234 e. The number of nitrogens with zero attached hydrogens (tertiary/aromatic N) is 3. The van der Waals surface area contributed by atoms with Gasteiger partial charge in [-0.3, -0.25) is 19.4 Å². The molecule has 196 valence electrons. The van der Waals surface area contributed by atoms with Gasteiger partial charge in [0.2, 0.25) is 11.7 Å². The standard InChI is InChI=1S/C26H36N4O5S/c1-28-20-7-6-19(31)15-22(20)36-24(28)9-10-27-23(32)17-30-13-11-29(12-14-30)16-18-5-8-21(33-2)26(35-4)25(18)34-3/h5-8,24H,9-17H2,1-4H3,(H,27,32). The van der Waals surface area contributed by atoms with Crippen molar-refractivity contribution in [3.8, 4) is 17.2 Å². The number of nitrogens with one attached hydrogen (secondary N) is 1. The maximum absolute atomic E-state index is 12.6. The quantitative estimate of drug-likeness (QED) is 0.503. The molecule has 1 aliphatic carbocycles. The number of benzene rings is 1. The van der Waals surface area contributed by atoms with E-state index in [0.29, 0.717) is 36.8 Å². The van der Waals surface area contributed by atoms with E-state index in [1.807, 2.05) is 18.2 Å². The molecule has 1 saturated heterocycles. The van der Waals surface area contributed by atoms with Crippen molar-refractivity contribution in [3.63, 3.8) is 0 Å². The normalized spacial score (nSPS) is 20.5. The van der Waals surface area contributed by atoms with Gasteiger partial charge in [0.25, 0.3) is 0 Å². The zero-order valence-corrected chi connectivity index (χ0v) is 22.4. The molecule has 1 aromatic rings. The molecule has 1 fully saturated rings. The summed E-state index contributed by atoms with van der Waals surface area (Å²) < 4.78 is 16.5. The Bertz CT molecular complexity index is 1040. The van der Waals surface area contributed by atoms with Crippen molar-refractivity contribution in [2.45, 2.75) is 24.8 Å². The summed E-state index contributed by atoms with van der Waals surface area (Å²) in [6.45, 7) is 5.19. The summed E-state index contributed by atoms with van der Waals surface area (Å²) in [4.78, 5) is 32.1. The Labute approximate surface area is 217 Å². The van der Waals surface area contributed by atoms with Gasteiger partial charge in [0.15, 0.2) is 17.3 Å². The largest absolute Gasteiger partial charge is 0.493 e. The van der Waals surface area contributed by atoms with Crippen molar-refractivity contribution in [1.29, 1.82) is 0 Å². The monoisotopic (exact) mass is 516 g/mol. The summed E-state index contributed by atoms with van der Waals surface area (Å²) in [5.41, 5.74) is 2.19. The fraction of sp³-hybridized carbons (Fsp3) is 0.538. The summed E-state index contributed by atoms with van der Waals surface area (Å²) >= 11 is 1.74. The number of hydrogen-bond acceptors (Lipinski definition) is 9. The molecule has 10 heteroatoms. The van der Waals surface area contributed by atoms with Gasteiger partial charge in [-0.2, -0.15) is 0 Å². The fourth-order valence-electron chi connectivity index (χ4n) is 4.87. The highest BCUT2D eigenvalue weighted by atomic mass is 32.2. The second-order valence-electron chi connectivity index (χ2n) is 9.15. The Hall–Kier alpha value is -2.69. The number of thioether (sulfide) groups is 1. The smallest absolute Gasteiger partial charge is 0.234 e. The SMILES string of the molecule is COc1ccc(CN2CCN(CC(=O)NCCC3SC4=C(C=CC(=O)C4)N3C)CC2)c(OC)c1OC. The van der Waals surface area contributed by atoms with E-state index in [9.17, 15) is 9.59 Å². The molecule has 0 radical (unpaired) electrons. The van der Waals surface area contributed by atoms with Gasteiger partial charge in [-0.25, -0.2) is 0 Å². The molecule has 3 aliphatic rings. The van der Waals surface area contributed by atoms with Crippen LogP contribution < -0.4 is 19.5 Å². The molecular formula is C26H36N4O5S. The first-order chi connectivity index (χ1) is 17.4. The van der Waals surface area contributed by atoms with E-state index in [4.69, 9.17) is 14.2 Å². The van der Waals surface area contributed by atoms with E-state index < -0.39 is 0 Å². The molecule has 9 nitrogen and oxygen atoms in total. The fourth-order valence-corrected chi connectivity index (χ4v) is 6.26. The van der Waals surface area contributed by atoms with Crippen molar-refractivity contribution >= 4 is 23.5 Å². The van der Waals surface area contributed by atoms with Crippen molar-refractivity contribution in [3.05, 3.63) is 40.5 Å². The van der Waals surface area contributed by atoms with Gasteiger partial charge in [0.1, 0.15) is 0 Å². The number of hydrogen-bond donors (Lipinski definition) is 1. The first-order valence-electron chi connectivity index (χ1n) is 12.3. The van der Waals surface area contributed by atoms with Gasteiger partial charge in [-0.1, -0.05) is 6.07 Å². The second kappa shape index (κ2) is 12.0. The van der Waals surface area contributed by atoms with Gasteiger partial charge in [0.05, 0.1) is 33.2 Å². The zero-order valence-electron chi connectivity index (χ0n) is 21.5. The van der Waals surface area contributed by atoms with Crippen LogP contribution in [0.25, 0.3) is 0 Å². The Morgan fingerprint density at radius 2 is 1.75 bits per heavy atom.